The molecular weight excluding hydrogens is 411 g/mol. The minimum atomic E-state index is -0.0418. The molecule has 0 bridgehead atoms. The highest BCUT2D eigenvalue weighted by molar-refractivity contribution is 6.42. The molecule has 5 nitrogen and oxygen atoms in total. The predicted molar refractivity (Wildman–Crippen MR) is 115 cm³/mol. The molecule has 1 heterocycles. The molecule has 2 aromatic rings. The second kappa shape index (κ2) is 9.61. The zero-order chi connectivity index (χ0) is 21.0. The maximum absolute atomic E-state index is 12.6. The van der Waals surface area contributed by atoms with Crippen LogP contribution in [0.3, 0.4) is 0 Å². The summed E-state index contributed by atoms with van der Waals surface area (Å²) < 4.78 is 0. The summed E-state index contributed by atoms with van der Waals surface area (Å²) >= 11 is 12.0. The van der Waals surface area contributed by atoms with Crippen LogP contribution >= 0.6 is 23.2 Å². The lowest BCUT2D eigenvalue weighted by Crippen LogP contribution is -2.43. The number of carbonyl (C=O) groups excluding carboxylic acids is 2. The number of phenols is 1. The van der Waals surface area contributed by atoms with Crippen molar-refractivity contribution in [2.24, 2.45) is 5.92 Å². The number of hydrogen-bond donors (Lipinski definition) is 1. The van der Waals surface area contributed by atoms with Crippen molar-refractivity contribution in [3.8, 4) is 5.75 Å². The van der Waals surface area contributed by atoms with E-state index in [9.17, 15) is 14.7 Å². The number of benzene rings is 2. The maximum Gasteiger partial charge on any atom is 0.236 e. The van der Waals surface area contributed by atoms with Gasteiger partial charge in [-0.15, -0.1) is 0 Å². The smallest absolute Gasteiger partial charge is 0.236 e. The molecular formula is C22H24Cl2N2O3. The molecule has 1 amide bonds. The topological polar surface area (TPSA) is 60.9 Å². The highest BCUT2D eigenvalue weighted by Gasteiger charge is 2.27. The predicted octanol–water partition coefficient (Wildman–Crippen LogP) is 4.25. The number of likely N-dealkylation sites (tertiary alicyclic amines) is 1. The van der Waals surface area contributed by atoms with Crippen molar-refractivity contribution in [1.29, 1.82) is 0 Å². The molecule has 7 heteroatoms. The van der Waals surface area contributed by atoms with E-state index in [1.807, 2.05) is 6.07 Å². The number of phenolic OH excluding ortho intramolecular Hbond substituents is 1. The molecule has 1 N–H and O–H groups in total. The molecule has 29 heavy (non-hydrogen) atoms. The fraction of sp³-hybridized carbons (Fsp3) is 0.364. The molecule has 0 saturated carbocycles. The average molecular weight is 435 g/mol. The minimum absolute atomic E-state index is 0.0272. The molecule has 0 atom stereocenters. The van der Waals surface area contributed by atoms with Gasteiger partial charge in [0, 0.05) is 25.1 Å². The van der Waals surface area contributed by atoms with Crippen LogP contribution in [0.2, 0.25) is 10.0 Å². The van der Waals surface area contributed by atoms with Crippen molar-refractivity contribution in [2.45, 2.75) is 19.4 Å². The maximum atomic E-state index is 12.6. The molecule has 154 valence electrons. The van der Waals surface area contributed by atoms with Gasteiger partial charge in [-0.1, -0.05) is 29.3 Å². The summed E-state index contributed by atoms with van der Waals surface area (Å²) in [6, 6.07) is 11.7. The zero-order valence-electron chi connectivity index (χ0n) is 16.3. The number of carbonyl (C=O) groups is 2. The van der Waals surface area contributed by atoms with Gasteiger partial charge < -0.3 is 10.0 Å². The van der Waals surface area contributed by atoms with Crippen LogP contribution in [0.5, 0.6) is 5.75 Å². The van der Waals surface area contributed by atoms with Gasteiger partial charge in [-0.05, 0) is 67.9 Å². The van der Waals surface area contributed by atoms with Gasteiger partial charge in [0.15, 0.2) is 5.78 Å². The van der Waals surface area contributed by atoms with E-state index < -0.39 is 0 Å². The van der Waals surface area contributed by atoms with Crippen molar-refractivity contribution in [2.75, 3.05) is 26.7 Å². The number of aromatic hydroxyl groups is 1. The first-order valence-electron chi connectivity index (χ1n) is 9.57. The van der Waals surface area contributed by atoms with Crippen LogP contribution in [-0.2, 0) is 11.3 Å². The number of nitrogens with zero attached hydrogens (tertiary/aromatic N) is 2. The summed E-state index contributed by atoms with van der Waals surface area (Å²) in [4.78, 5) is 28.9. The lowest BCUT2D eigenvalue weighted by molar-refractivity contribution is -0.131. The average Bonchev–Trinajstić information content (AvgIpc) is 2.71. The number of ketones is 1. The van der Waals surface area contributed by atoms with Gasteiger partial charge in [0.25, 0.3) is 0 Å². The minimum Gasteiger partial charge on any atom is -0.508 e. The van der Waals surface area contributed by atoms with Crippen molar-refractivity contribution in [3.63, 3.8) is 0 Å². The Balaban J connectivity index is 1.48. The Morgan fingerprint density at radius 3 is 2.34 bits per heavy atom. The fourth-order valence-electron chi connectivity index (χ4n) is 3.53. The second-order valence-corrected chi connectivity index (χ2v) is 8.27. The van der Waals surface area contributed by atoms with Crippen LogP contribution in [0.15, 0.2) is 42.5 Å². The third kappa shape index (κ3) is 5.72. The lowest BCUT2D eigenvalue weighted by Gasteiger charge is -2.32. The first-order valence-corrected chi connectivity index (χ1v) is 10.3. The molecule has 0 radical (unpaired) electrons. The molecule has 0 spiro atoms. The van der Waals surface area contributed by atoms with Crippen LogP contribution in [0.4, 0.5) is 0 Å². The van der Waals surface area contributed by atoms with Crippen molar-refractivity contribution in [3.05, 3.63) is 63.6 Å². The van der Waals surface area contributed by atoms with Crippen molar-refractivity contribution < 1.29 is 14.7 Å². The summed E-state index contributed by atoms with van der Waals surface area (Å²) in [5.74, 6) is 0.242. The van der Waals surface area contributed by atoms with E-state index in [1.54, 1.807) is 36.2 Å². The number of hydrogen-bond acceptors (Lipinski definition) is 4. The summed E-state index contributed by atoms with van der Waals surface area (Å²) in [5, 5.41) is 10.3. The number of Topliss-reactive ketones (excluding diaryl/α,β-unsaturated/α-hetero) is 1. The van der Waals surface area contributed by atoms with Gasteiger partial charge in [-0.25, -0.2) is 0 Å². The molecule has 0 aromatic heterocycles. The van der Waals surface area contributed by atoms with E-state index in [-0.39, 0.29) is 23.4 Å². The quantitative estimate of drug-likeness (QED) is 0.690. The molecule has 3 rings (SSSR count). The number of amides is 1. The number of halogens is 2. The summed E-state index contributed by atoms with van der Waals surface area (Å²) in [7, 11) is 1.77. The van der Waals surface area contributed by atoms with Gasteiger partial charge in [0.2, 0.25) is 5.91 Å². The molecule has 0 aliphatic carbocycles. The molecule has 1 aliphatic rings. The number of rotatable bonds is 6. The fourth-order valence-corrected chi connectivity index (χ4v) is 3.85. The van der Waals surface area contributed by atoms with Crippen molar-refractivity contribution >= 4 is 34.9 Å². The number of likely N-dealkylation sites (N-methyl/N-ethyl adjacent to an activating group) is 1. The summed E-state index contributed by atoms with van der Waals surface area (Å²) in [6.45, 7) is 2.21. The summed E-state index contributed by atoms with van der Waals surface area (Å²) in [6.07, 6.45) is 1.45. The first-order chi connectivity index (χ1) is 13.8. The molecule has 2 aromatic carbocycles. The second-order valence-electron chi connectivity index (χ2n) is 7.46. The molecule has 1 fully saturated rings. The van der Waals surface area contributed by atoms with Gasteiger partial charge in [-0.3, -0.25) is 14.5 Å². The van der Waals surface area contributed by atoms with Crippen LogP contribution in [0, 0.1) is 5.92 Å². The number of piperidine rings is 1. The monoisotopic (exact) mass is 434 g/mol. The molecule has 1 aliphatic heterocycles. The van der Waals surface area contributed by atoms with E-state index in [0.29, 0.717) is 41.8 Å². The van der Waals surface area contributed by atoms with E-state index in [1.165, 1.54) is 12.1 Å². The Hall–Kier alpha value is -2.08. The largest absolute Gasteiger partial charge is 0.508 e. The Morgan fingerprint density at radius 1 is 1.07 bits per heavy atom. The van der Waals surface area contributed by atoms with E-state index in [4.69, 9.17) is 23.2 Å². The third-order valence-electron chi connectivity index (χ3n) is 5.30. The Labute approximate surface area is 180 Å². The van der Waals surface area contributed by atoms with Crippen molar-refractivity contribution in [1.82, 2.24) is 9.80 Å². The third-order valence-corrected chi connectivity index (χ3v) is 6.04. The van der Waals surface area contributed by atoms with E-state index in [0.717, 1.165) is 18.4 Å². The SMILES string of the molecule is CN(Cc1ccc(Cl)c(Cl)c1)C(=O)CN1CCC(C(=O)c2ccc(O)cc2)CC1. The Bertz CT molecular complexity index is 878. The highest BCUT2D eigenvalue weighted by atomic mass is 35.5. The van der Waals surface area contributed by atoms with Crippen LogP contribution in [-0.4, -0.2) is 53.3 Å². The molecule has 1 saturated heterocycles. The molecule has 0 unspecified atom stereocenters. The van der Waals surface area contributed by atoms with Crippen LogP contribution < -0.4 is 0 Å². The highest BCUT2D eigenvalue weighted by Crippen LogP contribution is 2.24. The van der Waals surface area contributed by atoms with Crippen LogP contribution in [0.1, 0.15) is 28.8 Å². The lowest BCUT2D eigenvalue weighted by atomic mass is 9.89. The van der Waals surface area contributed by atoms with Gasteiger partial charge in [-0.2, -0.15) is 0 Å². The van der Waals surface area contributed by atoms with Gasteiger partial charge in [0.05, 0.1) is 16.6 Å². The summed E-state index contributed by atoms with van der Waals surface area (Å²) in [5.41, 5.74) is 1.55. The van der Waals surface area contributed by atoms with E-state index in [2.05, 4.69) is 4.90 Å². The van der Waals surface area contributed by atoms with Crippen LogP contribution in [0.25, 0.3) is 0 Å². The zero-order valence-corrected chi connectivity index (χ0v) is 17.8. The first kappa shape index (κ1) is 21.6. The van der Waals surface area contributed by atoms with E-state index >= 15 is 0 Å². The van der Waals surface area contributed by atoms with Gasteiger partial charge >= 0.3 is 0 Å². The standard InChI is InChI=1S/C22H24Cl2N2O3/c1-25(13-15-2-7-19(23)20(24)12-15)21(28)14-26-10-8-17(9-11-26)22(29)16-3-5-18(27)6-4-16/h2-7,12,17,27H,8-11,13-14H2,1H3. The van der Waals surface area contributed by atoms with Gasteiger partial charge in [0.1, 0.15) is 5.75 Å². The normalized spacial score (nSPS) is 15.3. The Kier molecular flexibility index (Phi) is 7.17. The Morgan fingerprint density at radius 2 is 1.72 bits per heavy atom.